The number of guanidine groups is 1. The molecule has 3 unspecified atom stereocenters. The van der Waals surface area contributed by atoms with Gasteiger partial charge in [-0.25, -0.2) is 0 Å². The maximum atomic E-state index is 9.11. The van der Waals surface area contributed by atoms with E-state index in [0.29, 0.717) is 18.7 Å². The van der Waals surface area contributed by atoms with Crippen LogP contribution < -0.4 is 10.6 Å². The van der Waals surface area contributed by atoms with Crippen molar-refractivity contribution in [2.75, 3.05) is 26.3 Å². The number of nitrogens with one attached hydrogen (secondary N) is 2. The molecule has 1 aliphatic carbocycles. The van der Waals surface area contributed by atoms with E-state index in [-0.39, 0.29) is 17.9 Å². The highest BCUT2D eigenvalue weighted by atomic mass is 16.5. The number of ether oxygens (including phenoxy) is 1. The van der Waals surface area contributed by atoms with Crippen LogP contribution in [0.25, 0.3) is 0 Å². The summed E-state index contributed by atoms with van der Waals surface area (Å²) in [5.41, 5.74) is 0.118. The zero-order valence-electron chi connectivity index (χ0n) is 15.0. The third kappa shape index (κ3) is 5.43. The number of hydrogen-bond acceptors (Lipinski definition) is 3. The van der Waals surface area contributed by atoms with Crippen molar-refractivity contribution < 1.29 is 9.84 Å². The Kier molecular flexibility index (Phi) is 8.18. The van der Waals surface area contributed by atoms with Crippen LogP contribution in [0.15, 0.2) is 4.99 Å². The van der Waals surface area contributed by atoms with Crippen molar-refractivity contribution in [2.24, 2.45) is 16.3 Å². The van der Waals surface area contributed by atoms with Crippen LogP contribution in [0, 0.1) is 11.3 Å². The van der Waals surface area contributed by atoms with Gasteiger partial charge < -0.3 is 20.5 Å². The number of aliphatic hydroxyl groups excluding tert-OH is 1. The Balaban J connectivity index is 2.49. The molecule has 0 bridgehead atoms. The van der Waals surface area contributed by atoms with Gasteiger partial charge in [-0.05, 0) is 25.7 Å². The van der Waals surface area contributed by atoms with Gasteiger partial charge in [0.05, 0.1) is 6.10 Å². The first-order valence-corrected chi connectivity index (χ1v) is 8.72. The lowest BCUT2D eigenvalue weighted by Gasteiger charge is -2.52. The lowest BCUT2D eigenvalue weighted by atomic mass is 9.64. The number of aliphatic imine (C=N–C) groups is 1. The molecule has 1 saturated carbocycles. The Morgan fingerprint density at radius 1 is 1.41 bits per heavy atom. The molecule has 0 radical (unpaired) electrons. The number of hydrogen-bond donors (Lipinski definition) is 3. The maximum Gasteiger partial charge on any atom is 0.191 e. The Bertz CT molecular complexity index is 345. The quantitative estimate of drug-likeness (QED) is 0.347. The Morgan fingerprint density at radius 2 is 2.14 bits per heavy atom. The van der Waals surface area contributed by atoms with E-state index in [1.54, 1.807) is 0 Å². The molecule has 3 atom stereocenters. The van der Waals surface area contributed by atoms with Gasteiger partial charge >= 0.3 is 0 Å². The highest BCUT2D eigenvalue weighted by Crippen LogP contribution is 2.42. The van der Waals surface area contributed by atoms with Crippen LogP contribution in [0.3, 0.4) is 0 Å². The number of aliphatic hydroxyl groups is 1. The summed E-state index contributed by atoms with van der Waals surface area (Å²) >= 11 is 0. The first-order valence-electron chi connectivity index (χ1n) is 8.72. The summed E-state index contributed by atoms with van der Waals surface area (Å²) in [7, 11) is 0. The van der Waals surface area contributed by atoms with Crippen molar-refractivity contribution in [3.05, 3.63) is 0 Å². The molecule has 1 fully saturated rings. The SMILES string of the molecule is CCCCOC1CC(NC(=NCC(C)CO)NCC)C1(C)C. The molecular weight excluding hydrogens is 278 g/mol. The molecule has 0 aromatic rings. The fourth-order valence-corrected chi connectivity index (χ4v) is 2.57. The van der Waals surface area contributed by atoms with E-state index >= 15 is 0 Å². The van der Waals surface area contributed by atoms with Crippen molar-refractivity contribution in [1.29, 1.82) is 0 Å². The monoisotopic (exact) mass is 313 g/mol. The Morgan fingerprint density at radius 3 is 2.68 bits per heavy atom. The number of nitrogens with zero attached hydrogens (tertiary/aromatic N) is 1. The van der Waals surface area contributed by atoms with Gasteiger partial charge in [0.1, 0.15) is 0 Å². The van der Waals surface area contributed by atoms with Gasteiger partial charge in [0.25, 0.3) is 0 Å². The predicted octanol–water partition coefficient (Wildman–Crippen LogP) is 2.15. The second-order valence-corrected chi connectivity index (χ2v) is 6.97. The van der Waals surface area contributed by atoms with Crippen LogP contribution in [0.2, 0.25) is 0 Å². The summed E-state index contributed by atoms with van der Waals surface area (Å²) in [6.07, 6.45) is 3.66. The molecule has 5 heteroatoms. The van der Waals surface area contributed by atoms with Crippen molar-refractivity contribution in [3.63, 3.8) is 0 Å². The van der Waals surface area contributed by atoms with Gasteiger partial charge in [0.2, 0.25) is 0 Å². The first-order chi connectivity index (χ1) is 10.5. The summed E-state index contributed by atoms with van der Waals surface area (Å²) in [5, 5.41) is 15.9. The molecule has 0 aromatic carbocycles. The van der Waals surface area contributed by atoms with E-state index in [2.05, 4.69) is 43.3 Å². The second-order valence-electron chi connectivity index (χ2n) is 6.97. The summed E-state index contributed by atoms with van der Waals surface area (Å²) in [4.78, 5) is 4.57. The van der Waals surface area contributed by atoms with Crippen molar-refractivity contribution >= 4 is 5.96 Å². The predicted molar refractivity (Wildman–Crippen MR) is 92.2 cm³/mol. The fourth-order valence-electron chi connectivity index (χ4n) is 2.57. The molecule has 5 nitrogen and oxygen atoms in total. The molecular formula is C17H35N3O2. The summed E-state index contributed by atoms with van der Waals surface area (Å²) in [6, 6.07) is 0.376. The van der Waals surface area contributed by atoms with Crippen molar-refractivity contribution in [2.45, 2.75) is 66.0 Å². The largest absolute Gasteiger partial charge is 0.396 e. The summed E-state index contributed by atoms with van der Waals surface area (Å²) < 4.78 is 5.99. The molecule has 1 rings (SSSR count). The third-order valence-electron chi connectivity index (χ3n) is 4.52. The van der Waals surface area contributed by atoms with Gasteiger partial charge in [0.15, 0.2) is 5.96 Å². The minimum Gasteiger partial charge on any atom is -0.396 e. The van der Waals surface area contributed by atoms with E-state index in [1.807, 2.05) is 6.92 Å². The second kappa shape index (κ2) is 9.36. The number of unbranched alkanes of at least 4 members (excludes halogenated alkanes) is 1. The Hall–Kier alpha value is -0.810. The zero-order chi connectivity index (χ0) is 16.6. The van der Waals surface area contributed by atoms with E-state index in [9.17, 15) is 0 Å². The third-order valence-corrected chi connectivity index (χ3v) is 4.52. The van der Waals surface area contributed by atoms with Crippen LogP contribution >= 0.6 is 0 Å². The van der Waals surface area contributed by atoms with E-state index in [4.69, 9.17) is 9.84 Å². The highest BCUT2D eigenvalue weighted by Gasteiger charge is 2.49. The summed E-state index contributed by atoms with van der Waals surface area (Å²) in [6.45, 7) is 13.3. The molecule has 0 heterocycles. The normalized spacial score (nSPS) is 25.5. The average molecular weight is 313 g/mol. The van der Waals surface area contributed by atoms with Crippen molar-refractivity contribution in [1.82, 2.24) is 10.6 Å². The van der Waals surface area contributed by atoms with Gasteiger partial charge in [-0.3, -0.25) is 4.99 Å². The standard InChI is InChI=1S/C17H35N3O2/c1-6-8-9-22-15-10-14(17(15,4)5)20-16(18-7-2)19-11-13(3)12-21/h13-15,21H,6-12H2,1-5H3,(H2,18,19,20). The highest BCUT2D eigenvalue weighted by molar-refractivity contribution is 5.80. The Labute approximate surface area is 135 Å². The van der Waals surface area contributed by atoms with Gasteiger partial charge in [-0.2, -0.15) is 0 Å². The molecule has 130 valence electrons. The molecule has 0 aliphatic heterocycles. The van der Waals surface area contributed by atoms with Crippen LogP contribution in [-0.4, -0.2) is 49.5 Å². The van der Waals surface area contributed by atoms with Crippen molar-refractivity contribution in [3.8, 4) is 0 Å². The van der Waals surface area contributed by atoms with Gasteiger partial charge in [-0.15, -0.1) is 0 Å². The zero-order valence-corrected chi connectivity index (χ0v) is 15.0. The molecule has 0 spiro atoms. The van der Waals surface area contributed by atoms with Gasteiger partial charge in [-0.1, -0.05) is 34.1 Å². The molecule has 1 aliphatic rings. The van der Waals surface area contributed by atoms with Crippen LogP contribution in [0.5, 0.6) is 0 Å². The molecule has 0 saturated heterocycles. The minimum absolute atomic E-state index is 0.118. The van der Waals surface area contributed by atoms with E-state index in [0.717, 1.165) is 32.0 Å². The van der Waals surface area contributed by atoms with E-state index < -0.39 is 0 Å². The lowest BCUT2D eigenvalue weighted by molar-refractivity contribution is -0.113. The van der Waals surface area contributed by atoms with E-state index in [1.165, 1.54) is 6.42 Å². The molecule has 3 N–H and O–H groups in total. The fraction of sp³-hybridized carbons (Fsp3) is 0.941. The van der Waals surface area contributed by atoms with Gasteiger partial charge in [0, 0.05) is 37.8 Å². The maximum absolute atomic E-state index is 9.11. The smallest absolute Gasteiger partial charge is 0.191 e. The topological polar surface area (TPSA) is 65.9 Å². The minimum atomic E-state index is 0.118. The molecule has 0 amide bonds. The molecule has 0 aromatic heterocycles. The first kappa shape index (κ1) is 19.2. The molecule has 22 heavy (non-hydrogen) atoms. The number of rotatable bonds is 9. The summed E-state index contributed by atoms with van der Waals surface area (Å²) in [5.74, 6) is 1.03. The van der Waals surface area contributed by atoms with Crippen LogP contribution in [0.1, 0.15) is 53.9 Å². The average Bonchev–Trinajstić information content (AvgIpc) is 2.50. The lowest BCUT2D eigenvalue weighted by Crippen LogP contribution is -2.63. The van der Waals surface area contributed by atoms with Crippen LogP contribution in [0.4, 0.5) is 0 Å². The van der Waals surface area contributed by atoms with Crippen LogP contribution in [-0.2, 0) is 4.74 Å².